The van der Waals surface area contributed by atoms with Gasteiger partial charge in [0.05, 0.1) is 30.6 Å². The van der Waals surface area contributed by atoms with Crippen LogP contribution >= 0.6 is 7.60 Å². The Morgan fingerprint density at radius 3 is 2.52 bits per heavy atom. The van der Waals surface area contributed by atoms with Crippen molar-refractivity contribution in [3.63, 3.8) is 0 Å². The summed E-state index contributed by atoms with van der Waals surface area (Å²) in [6, 6.07) is 0. The van der Waals surface area contributed by atoms with Gasteiger partial charge in [-0.2, -0.15) is 0 Å². The van der Waals surface area contributed by atoms with Crippen LogP contribution in [0.4, 0.5) is 0 Å². The summed E-state index contributed by atoms with van der Waals surface area (Å²) in [6.45, 7) is 0.335. The third-order valence-corrected chi connectivity index (χ3v) is 7.10. The SMILES string of the molecule is O=P1(O)OCCCC1CC1CC(O)C(O)C(C2CCC2)O1. The van der Waals surface area contributed by atoms with Crippen LogP contribution in [0.2, 0.25) is 0 Å². The smallest absolute Gasteiger partial charge is 0.331 e. The average Bonchev–Trinajstić information content (AvgIpc) is 2.35. The van der Waals surface area contributed by atoms with E-state index in [1.807, 2.05) is 0 Å². The maximum absolute atomic E-state index is 12.0. The van der Waals surface area contributed by atoms with Gasteiger partial charge in [0, 0.05) is 6.42 Å². The lowest BCUT2D eigenvalue weighted by Gasteiger charge is -2.45. The minimum atomic E-state index is -3.56. The Morgan fingerprint density at radius 2 is 1.90 bits per heavy atom. The van der Waals surface area contributed by atoms with Crippen LogP contribution < -0.4 is 0 Å². The molecular weight excluding hydrogens is 295 g/mol. The van der Waals surface area contributed by atoms with Gasteiger partial charge < -0.3 is 24.4 Å². The van der Waals surface area contributed by atoms with Crippen LogP contribution in [0.3, 0.4) is 0 Å². The Kier molecular flexibility index (Phi) is 4.74. The van der Waals surface area contributed by atoms with Crippen molar-refractivity contribution in [1.82, 2.24) is 0 Å². The van der Waals surface area contributed by atoms with Gasteiger partial charge in [0.2, 0.25) is 0 Å². The number of hydrogen-bond acceptors (Lipinski definition) is 5. The van der Waals surface area contributed by atoms with Crippen LogP contribution in [-0.2, 0) is 13.8 Å². The molecule has 0 bridgehead atoms. The van der Waals surface area contributed by atoms with Gasteiger partial charge in [0.25, 0.3) is 0 Å². The molecule has 0 amide bonds. The van der Waals surface area contributed by atoms with Gasteiger partial charge in [0.1, 0.15) is 6.10 Å². The van der Waals surface area contributed by atoms with Gasteiger partial charge >= 0.3 is 7.60 Å². The normalized spacial score (nSPS) is 48.8. The highest BCUT2D eigenvalue weighted by molar-refractivity contribution is 7.53. The first-order chi connectivity index (χ1) is 9.97. The van der Waals surface area contributed by atoms with Crippen LogP contribution in [0.25, 0.3) is 0 Å². The Hall–Kier alpha value is 0.0300. The van der Waals surface area contributed by atoms with E-state index in [0.29, 0.717) is 31.8 Å². The summed E-state index contributed by atoms with van der Waals surface area (Å²) in [6.07, 6.45) is 3.09. The lowest BCUT2D eigenvalue weighted by molar-refractivity contribution is -0.195. The molecule has 0 radical (unpaired) electrons. The average molecular weight is 320 g/mol. The molecule has 21 heavy (non-hydrogen) atoms. The molecule has 6 unspecified atom stereocenters. The first-order valence-corrected chi connectivity index (χ1v) is 9.60. The fourth-order valence-corrected chi connectivity index (χ4v) is 5.25. The molecule has 3 aliphatic rings. The fourth-order valence-electron chi connectivity index (χ4n) is 3.63. The lowest BCUT2D eigenvalue weighted by atomic mass is 9.76. The van der Waals surface area contributed by atoms with Crippen LogP contribution in [0.1, 0.15) is 44.9 Å². The molecule has 3 fully saturated rings. The molecule has 122 valence electrons. The van der Waals surface area contributed by atoms with E-state index in [2.05, 4.69) is 0 Å². The Bertz CT molecular complexity index is 412. The molecule has 1 aliphatic carbocycles. The van der Waals surface area contributed by atoms with E-state index >= 15 is 0 Å². The third-order valence-electron chi connectivity index (χ3n) is 5.15. The predicted molar refractivity (Wildman–Crippen MR) is 76.0 cm³/mol. The van der Waals surface area contributed by atoms with Gasteiger partial charge in [-0.3, -0.25) is 4.57 Å². The molecular formula is C14H25O6P. The van der Waals surface area contributed by atoms with Crippen molar-refractivity contribution in [2.24, 2.45) is 5.92 Å². The first kappa shape index (κ1) is 15.9. The molecule has 0 aromatic carbocycles. The molecule has 3 N–H and O–H groups in total. The third kappa shape index (κ3) is 3.36. The van der Waals surface area contributed by atoms with Crippen LogP contribution in [-0.4, -0.2) is 51.8 Å². The molecule has 2 aliphatic heterocycles. The minimum absolute atomic E-state index is 0.277. The largest absolute Gasteiger partial charge is 0.390 e. The molecule has 2 heterocycles. The molecule has 6 nitrogen and oxygen atoms in total. The second-order valence-corrected chi connectivity index (χ2v) is 8.75. The van der Waals surface area contributed by atoms with Gasteiger partial charge in [-0.1, -0.05) is 6.42 Å². The summed E-state index contributed by atoms with van der Waals surface area (Å²) in [7, 11) is -3.56. The molecule has 6 atom stereocenters. The Morgan fingerprint density at radius 1 is 1.14 bits per heavy atom. The topological polar surface area (TPSA) is 96.2 Å². The van der Waals surface area contributed by atoms with Crippen molar-refractivity contribution in [3.05, 3.63) is 0 Å². The number of hydrogen-bond donors (Lipinski definition) is 3. The van der Waals surface area contributed by atoms with Crippen LogP contribution in [0.15, 0.2) is 0 Å². The highest BCUT2D eigenvalue weighted by Gasteiger charge is 2.45. The zero-order valence-electron chi connectivity index (χ0n) is 12.1. The van der Waals surface area contributed by atoms with Gasteiger partial charge in [-0.25, -0.2) is 0 Å². The van der Waals surface area contributed by atoms with Crippen molar-refractivity contribution in [2.75, 3.05) is 6.61 Å². The van der Waals surface area contributed by atoms with E-state index in [0.717, 1.165) is 25.7 Å². The van der Waals surface area contributed by atoms with E-state index in [-0.39, 0.29) is 12.2 Å². The summed E-state index contributed by atoms with van der Waals surface area (Å²) >= 11 is 0. The number of ether oxygens (including phenoxy) is 1. The molecule has 0 aromatic rings. The molecule has 2 saturated heterocycles. The van der Waals surface area contributed by atoms with E-state index in [9.17, 15) is 19.7 Å². The second-order valence-electron chi connectivity index (χ2n) is 6.64. The second kappa shape index (κ2) is 6.26. The summed E-state index contributed by atoms with van der Waals surface area (Å²) in [4.78, 5) is 9.88. The van der Waals surface area contributed by atoms with Crippen molar-refractivity contribution in [3.8, 4) is 0 Å². The predicted octanol–water partition coefficient (Wildman–Crippen LogP) is 1.42. The summed E-state index contributed by atoms with van der Waals surface area (Å²) in [5.74, 6) is 0.306. The van der Waals surface area contributed by atoms with Crippen LogP contribution in [0.5, 0.6) is 0 Å². The molecule has 7 heteroatoms. The maximum Gasteiger partial charge on any atom is 0.331 e. The number of aliphatic hydroxyl groups excluding tert-OH is 2. The lowest BCUT2D eigenvalue weighted by Crippen LogP contribution is -2.53. The van der Waals surface area contributed by atoms with Crippen molar-refractivity contribution in [2.45, 2.75) is 75.0 Å². The van der Waals surface area contributed by atoms with E-state index in [1.54, 1.807) is 0 Å². The highest BCUT2D eigenvalue weighted by Crippen LogP contribution is 2.54. The molecule has 1 saturated carbocycles. The van der Waals surface area contributed by atoms with Gasteiger partial charge in [-0.15, -0.1) is 0 Å². The van der Waals surface area contributed by atoms with Crippen molar-refractivity contribution >= 4 is 7.60 Å². The van der Waals surface area contributed by atoms with Crippen molar-refractivity contribution in [1.29, 1.82) is 0 Å². The monoisotopic (exact) mass is 320 g/mol. The van der Waals surface area contributed by atoms with E-state index in [1.165, 1.54) is 0 Å². The maximum atomic E-state index is 12.0. The summed E-state index contributed by atoms with van der Waals surface area (Å²) in [5.41, 5.74) is -0.416. The number of aliphatic hydroxyl groups is 2. The molecule has 3 rings (SSSR count). The van der Waals surface area contributed by atoms with E-state index in [4.69, 9.17) is 9.26 Å². The van der Waals surface area contributed by atoms with Gasteiger partial charge in [-0.05, 0) is 38.0 Å². The van der Waals surface area contributed by atoms with Gasteiger partial charge in [0.15, 0.2) is 0 Å². The minimum Gasteiger partial charge on any atom is -0.390 e. The standard InChI is InChI=1S/C14H25O6P/c15-12-8-10(7-11-5-2-6-19-21(11,17)18)20-14(13(12)16)9-3-1-4-9/h9-16H,1-8H2,(H,17,18). The van der Waals surface area contributed by atoms with Crippen molar-refractivity contribution < 1.29 is 28.9 Å². The summed E-state index contributed by atoms with van der Waals surface area (Å²) < 4.78 is 23.0. The quantitative estimate of drug-likeness (QED) is 0.681. The Labute approximate surface area is 125 Å². The zero-order chi connectivity index (χ0) is 15.0. The number of rotatable bonds is 3. The molecule has 0 spiro atoms. The Balaban J connectivity index is 1.63. The fraction of sp³-hybridized carbons (Fsp3) is 1.00. The first-order valence-electron chi connectivity index (χ1n) is 7.96. The highest BCUT2D eigenvalue weighted by atomic mass is 31.2. The zero-order valence-corrected chi connectivity index (χ0v) is 13.0. The van der Waals surface area contributed by atoms with Crippen LogP contribution in [0, 0.1) is 5.92 Å². The molecule has 0 aromatic heterocycles. The van der Waals surface area contributed by atoms with E-state index < -0.39 is 25.5 Å². The summed E-state index contributed by atoms with van der Waals surface area (Å²) in [5, 5.41) is 20.1.